The molecule has 1 aromatic carbocycles. The van der Waals surface area contributed by atoms with Crippen LogP contribution in [0.3, 0.4) is 0 Å². The number of aromatic amines is 1. The molecule has 0 fully saturated rings. The Morgan fingerprint density at radius 2 is 1.89 bits per heavy atom. The van der Waals surface area contributed by atoms with Crippen LogP contribution in [0.4, 0.5) is 0 Å². The Morgan fingerprint density at radius 3 is 2.72 bits per heavy atom. The number of H-pyrrole nitrogens is 1. The minimum absolute atomic E-state index is 0.413. The van der Waals surface area contributed by atoms with Gasteiger partial charge in [-0.2, -0.15) is 0 Å². The summed E-state index contributed by atoms with van der Waals surface area (Å²) in [5.41, 5.74) is 2.44. The zero-order valence-electron chi connectivity index (χ0n) is 9.24. The van der Waals surface area contributed by atoms with Gasteiger partial charge in [-0.1, -0.05) is 11.6 Å². The summed E-state index contributed by atoms with van der Waals surface area (Å²) in [4.78, 5) is 11.4. The maximum absolute atomic E-state index is 6.04. The summed E-state index contributed by atoms with van der Waals surface area (Å²) in [6, 6.07) is 3.83. The van der Waals surface area contributed by atoms with Crippen LogP contribution in [-0.4, -0.2) is 28.2 Å². The van der Waals surface area contributed by atoms with Crippen LogP contribution in [0.1, 0.15) is 0 Å². The molecular weight excluding hydrogens is 254 g/mol. The fourth-order valence-electron chi connectivity index (χ4n) is 2.20. The smallest absolute Gasteiger partial charge is 0.163 e. The number of ether oxygens (including phenoxy) is 2. The average molecular weight is 262 g/mol. The maximum atomic E-state index is 6.04. The van der Waals surface area contributed by atoms with Crippen molar-refractivity contribution in [3.63, 3.8) is 0 Å². The van der Waals surface area contributed by atoms with Crippen molar-refractivity contribution in [3.05, 3.63) is 23.6 Å². The van der Waals surface area contributed by atoms with Crippen LogP contribution in [0.25, 0.3) is 21.9 Å². The van der Waals surface area contributed by atoms with Gasteiger partial charge in [0, 0.05) is 11.5 Å². The highest BCUT2D eigenvalue weighted by molar-refractivity contribution is 6.34. The van der Waals surface area contributed by atoms with E-state index < -0.39 is 0 Å². The van der Waals surface area contributed by atoms with Crippen molar-refractivity contribution < 1.29 is 9.47 Å². The first kappa shape index (κ1) is 9.96. The molecule has 3 aromatic rings. The first-order valence-corrected chi connectivity index (χ1v) is 5.92. The molecule has 18 heavy (non-hydrogen) atoms. The van der Waals surface area contributed by atoms with Crippen LogP contribution in [0.5, 0.6) is 11.5 Å². The van der Waals surface area contributed by atoms with E-state index >= 15 is 0 Å². The van der Waals surface area contributed by atoms with Crippen LogP contribution in [-0.2, 0) is 0 Å². The summed E-state index contributed by atoms with van der Waals surface area (Å²) in [5, 5.41) is 1.37. The number of rotatable bonds is 0. The molecule has 0 unspecified atom stereocenters. The van der Waals surface area contributed by atoms with E-state index in [4.69, 9.17) is 21.1 Å². The zero-order valence-corrected chi connectivity index (χ0v) is 9.99. The van der Waals surface area contributed by atoms with Gasteiger partial charge >= 0.3 is 0 Å². The molecule has 4 rings (SSSR count). The second kappa shape index (κ2) is 3.49. The third-order valence-electron chi connectivity index (χ3n) is 3.00. The van der Waals surface area contributed by atoms with Gasteiger partial charge in [0.05, 0.1) is 5.52 Å². The van der Waals surface area contributed by atoms with Crippen molar-refractivity contribution in [2.24, 2.45) is 0 Å². The van der Waals surface area contributed by atoms with Crippen molar-refractivity contribution in [1.82, 2.24) is 15.0 Å². The molecule has 0 atom stereocenters. The predicted molar refractivity (Wildman–Crippen MR) is 67.4 cm³/mol. The van der Waals surface area contributed by atoms with Crippen molar-refractivity contribution in [2.75, 3.05) is 13.2 Å². The summed E-state index contributed by atoms with van der Waals surface area (Å²) in [6.45, 7) is 1.13. The van der Waals surface area contributed by atoms with Crippen LogP contribution in [0.2, 0.25) is 5.15 Å². The number of halogens is 1. The molecule has 6 heteroatoms. The lowest BCUT2D eigenvalue weighted by Crippen LogP contribution is -2.15. The quantitative estimate of drug-likeness (QED) is 0.632. The van der Waals surface area contributed by atoms with Crippen molar-refractivity contribution >= 4 is 33.5 Å². The number of nitrogens with zero attached hydrogens (tertiary/aromatic N) is 2. The summed E-state index contributed by atoms with van der Waals surface area (Å²) in [7, 11) is 0. The van der Waals surface area contributed by atoms with E-state index in [1.807, 2.05) is 12.1 Å². The van der Waals surface area contributed by atoms with E-state index in [-0.39, 0.29) is 0 Å². The van der Waals surface area contributed by atoms with Gasteiger partial charge in [0.25, 0.3) is 0 Å². The molecule has 3 heterocycles. The van der Waals surface area contributed by atoms with Gasteiger partial charge in [0.2, 0.25) is 0 Å². The Bertz CT molecular complexity index is 769. The third-order valence-corrected chi connectivity index (χ3v) is 3.28. The summed E-state index contributed by atoms with van der Waals surface area (Å²) < 4.78 is 11.1. The monoisotopic (exact) mass is 261 g/mol. The molecule has 0 saturated carbocycles. The van der Waals surface area contributed by atoms with Crippen molar-refractivity contribution in [1.29, 1.82) is 0 Å². The summed E-state index contributed by atoms with van der Waals surface area (Å²) in [5.74, 6) is 1.48. The Balaban J connectivity index is 2.12. The lowest BCUT2D eigenvalue weighted by Gasteiger charge is -2.17. The van der Waals surface area contributed by atoms with Crippen LogP contribution < -0.4 is 9.47 Å². The zero-order chi connectivity index (χ0) is 12.1. The van der Waals surface area contributed by atoms with E-state index in [2.05, 4.69) is 15.0 Å². The SMILES string of the molecule is Clc1ncnc2c1[nH]c1cc3c(cc12)OCCO3. The second-order valence-electron chi connectivity index (χ2n) is 4.05. The number of hydrogen-bond acceptors (Lipinski definition) is 4. The average Bonchev–Trinajstić information content (AvgIpc) is 2.76. The number of hydrogen-bond donors (Lipinski definition) is 1. The Morgan fingerprint density at radius 1 is 1.11 bits per heavy atom. The normalized spacial score (nSPS) is 14.3. The summed E-state index contributed by atoms with van der Waals surface area (Å²) >= 11 is 6.04. The fourth-order valence-corrected chi connectivity index (χ4v) is 2.38. The van der Waals surface area contributed by atoms with Crippen LogP contribution >= 0.6 is 11.6 Å². The number of fused-ring (bicyclic) bond motifs is 4. The van der Waals surface area contributed by atoms with Crippen LogP contribution in [0, 0.1) is 0 Å². The minimum atomic E-state index is 0.413. The second-order valence-corrected chi connectivity index (χ2v) is 4.41. The van der Waals surface area contributed by atoms with E-state index in [0.29, 0.717) is 18.4 Å². The summed E-state index contributed by atoms with van der Waals surface area (Å²) in [6.07, 6.45) is 1.45. The first-order chi connectivity index (χ1) is 8.83. The van der Waals surface area contributed by atoms with Gasteiger partial charge < -0.3 is 14.5 Å². The Kier molecular flexibility index (Phi) is 1.93. The molecule has 2 aromatic heterocycles. The standard InChI is InChI=1S/C12H8ClN3O2/c13-12-11-10(14-5-15-12)6-3-8-9(4-7(6)16-11)18-2-1-17-8/h3-5,16H,1-2H2. The van der Waals surface area contributed by atoms with Crippen molar-refractivity contribution in [3.8, 4) is 11.5 Å². The predicted octanol–water partition coefficient (Wildman–Crippen LogP) is 2.54. The van der Waals surface area contributed by atoms with Gasteiger partial charge in [-0.05, 0) is 6.07 Å². The molecule has 0 radical (unpaired) electrons. The minimum Gasteiger partial charge on any atom is -0.486 e. The molecule has 1 N–H and O–H groups in total. The van der Waals surface area contributed by atoms with Gasteiger partial charge in [-0.3, -0.25) is 0 Å². The lowest BCUT2D eigenvalue weighted by atomic mass is 10.2. The Labute approximate surface area is 107 Å². The van der Waals surface area contributed by atoms with Gasteiger partial charge in [-0.25, -0.2) is 9.97 Å². The lowest BCUT2D eigenvalue weighted by molar-refractivity contribution is 0.172. The Hall–Kier alpha value is -2.01. The molecule has 90 valence electrons. The molecule has 0 saturated heterocycles. The molecule has 5 nitrogen and oxygen atoms in total. The fraction of sp³-hybridized carbons (Fsp3) is 0.167. The van der Waals surface area contributed by atoms with Gasteiger partial charge in [0.1, 0.15) is 30.6 Å². The highest BCUT2D eigenvalue weighted by atomic mass is 35.5. The van der Waals surface area contributed by atoms with Crippen molar-refractivity contribution in [2.45, 2.75) is 0 Å². The highest BCUT2D eigenvalue weighted by Gasteiger charge is 2.16. The number of aromatic nitrogens is 3. The van der Waals surface area contributed by atoms with Gasteiger partial charge in [-0.15, -0.1) is 0 Å². The third kappa shape index (κ3) is 1.28. The first-order valence-electron chi connectivity index (χ1n) is 5.54. The van der Waals surface area contributed by atoms with Crippen LogP contribution in [0.15, 0.2) is 18.5 Å². The van der Waals surface area contributed by atoms with E-state index in [9.17, 15) is 0 Å². The van der Waals surface area contributed by atoms with E-state index in [1.54, 1.807) is 0 Å². The highest BCUT2D eigenvalue weighted by Crippen LogP contribution is 2.37. The largest absolute Gasteiger partial charge is 0.486 e. The number of benzene rings is 1. The molecular formula is C12H8ClN3O2. The molecule has 0 bridgehead atoms. The molecule has 1 aliphatic heterocycles. The molecule has 0 amide bonds. The van der Waals surface area contributed by atoms with Gasteiger partial charge in [0.15, 0.2) is 16.7 Å². The van der Waals surface area contributed by atoms with E-state index in [0.717, 1.165) is 33.4 Å². The molecule has 1 aliphatic rings. The topological polar surface area (TPSA) is 60.0 Å². The van der Waals surface area contributed by atoms with E-state index in [1.165, 1.54) is 6.33 Å². The number of nitrogens with one attached hydrogen (secondary N) is 1. The molecule has 0 spiro atoms. The maximum Gasteiger partial charge on any atom is 0.163 e. The molecule has 0 aliphatic carbocycles.